The van der Waals surface area contributed by atoms with Crippen LogP contribution in [0.1, 0.15) is 35.1 Å². The van der Waals surface area contributed by atoms with Crippen LogP contribution in [0.15, 0.2) is 24.3 Å². The number of hydrogen-bond donors (Lipinski definition) is 1. The van der Waals surface area contributed by atoms with E-state index in [4.69, 9.17) is 14.2 Å². The molecule has 3 aliphatic heterocycles. The zero-order chi connectivity index (χ0) is 14.9. The molecule has 4 rings (SSSR count). The number of ketones is 1. The van der Waals surface area contributed by atoms with Crippen molar-refractivity contribution in [1.29, 1.82) is 0 Å². The van der Waals surface area contributed by atoms with E-state index in [1.165, 1.54) is 0 Å². The van der Waals surface area contributed by atoms with Crippen LogP contribution in [-0.4, -0.2) is 44.3 Å². The number of rotatable bonds is 3. The number of hydrogen-bond acceptors (Lipinski definition) is 5. The maximum atomic E-state index is 12.8. The molecule has 1 aromatic rings. The van der Waals surface area contributed by atoms with Gasteiger partial charge in [0.2, 0.25) is 0 Å². The Labute approximate surface area is 129 Å². The van der Waals surface area contributed by atoms with Gasteiger partial charge in [0, 0.05) is 29.1 Å². The molecule has 3 aliphatic rings. The number of fused-ring (bicyclic) bond motifs is 2. The summed E-state index contributed by atoms with van der Waals surface area (Å²) in [6, 6.07) is 8.32. The highest BCUT2D eigenvalue weighted by Gasteiger charge is 2.35. The van der Waals surface area contributed by atoms with Crippen molar-refractivity contribution in [2.45, 2.75) is 31.2 Å². The van der Waals surface area contributed by atoms with E-state index in [1.807, 2.05) is 24.3 Å². The number of carbonyl (C=O) groups is 1. The summed E-state index contributed by atoms with van der Waals surface area (Å²) in [7, 11) is 0. The minimum Gasteiger partial charge on any atom is -0.378 e. The van der Waals surface area contributed by atoms with Gasteiger partial charge in [-0.15, -0.1) is 0 Å². The van der Waals surface area contributed by atoms with Gasteiger partial charge in [-0.3, -0.25) is 4.79 Å². The number of Topliss-reactive ketones (excluding diaryl/α,β-unsaturated/α-hetero) is 1. The van der Waals surface area contributed by atoms with Gasteiger partial charge in [-0.05, 0) is 18.9 Å². The Morgan fingerprint density at radius 1 is 1.09 bits per heavy atom. The van der Waals surface area contributed by atoms with E-state index in [1.54, 1.807) is 0 Å². The van der Waals surface area contributed by atoms with E-state index < -0.39 is 0 Å². The highest BCUT2D eigenvalue weighted by molar-refractivity contribution is 5.98. The van der Waals surface area contributed by atoms with Crippen LogP contribution in [-0.2, 0) is 14.2 Å². The molecule has 118 valence electrons. The Bertz CT molecular complexity index is 543. The molecule has 2 unspecified atom stereocenters. The van der Waals surface area contributed by atoms with Crippen molar-refractivity contribution in [2.24, 2.45) is 5.92 Å². The first kappa shape index (κ1) is 14.3. The molecule has 5 nitrogen and oxygen atoms in total. The van der Waals surface area contributed by atoms with Crippen molar-refractivity contribution in [3.63, 3.8) is 0 Å². The van der Waals surface area contributed by atoms with E-state index in [2.05, 4.69) is 5.32 Å². The maximum Gasteiger partial charge on any atom is 0.184 e. The SMILES string of the molecule is O=C(c1cccc(C2OCCO2)c1)C1CC2COCC(C1)N2. The quantitative estimate of drug-likeness (QED) is 0.861. The fourth-order valence-electron chi connectivity index (χ4n) is 3.68. The molecule has 0 saturated carbocycles. The summed E-state index contributed by atoms with van der Waals surface area (Å²) in [5, 5.41) is 3.53. The Morgan fingerprint density at radius 2 is 1.82 bits per heavy atom. The summed E-state index contributed by atoms with van der Waals surface area (Å²) < 4.78 is 16.6. The first-order valence-electron chi connectivity index (χ1n) is 8.01. The molecule has 3 heterocycles. The lowest BCUT2D eigenvalue weighted by molar-refractivity contribution is -0.0441. The topological polar surface area (TPSA) is 56.8 Å². The van der Waals surface area contributed by atoms with Gasteiger partial charge in [-0.1, -0.05) is 18.2 Å². The van der Waals surface area contributed by atoms with Gasteiger partial charge in [-0.2, -0.15) is 0 Å². The summed E-state index contributed by atoms with van der Waals surface area (Å²) in [4.78, 5) is 12.8. The van der Waals surface area contributed by atoms with Crippen molar-refractivity contribution in [3.05, 3.63) is 35.4 Å². The van der Waals surface area contributed by atoms with Gasteiger partial charge in [0.1, 0.15) is 0 Å². The van der Waals surface area contributed by atoms with E-state index in [0.29, 0.717) is 38.5 Å². The van der Waals surface area contributed by atoms with E-state index in [-0.39, 0.29) is 18.0 Å². The Morgan fingerprint density at radius 3 is 2.55 bits per heavy atom. The number of morpholine rings is 1. The number of piperidine rings is 1. The highest BCUT2D eigenvalue weighted by Crippen LogP contribution is 2.29. The lowest BCUT2D eigenvalue weighted by Crippen LogP contribution is -2.55. The smallest absolute Gasteiger partial charge is 0.184 e. The lowest BCUT2D eigenvalue weighted by atomic mass is 9.82. The van der Waals surface area contributed by atoms with Crippen LogP contribution in [0.25, 0.3) is 0 Å². The molecule has 5 heteroatoms. The van der Waals surface area contributed by atoms with Crippen LogP contribution >= 0.6 is 0 Å². The summed E-state index contributed by atoms with van der Waals surface area (Å²) in [6.45, 7) is 2.65. The van der Waals surface area contributed by atoms with Gasteiger partial charge in [0.25, 0.3) is 0 Å². The molecule has 0 radical (unpaired) electrons. The van der Waals surface area contributed by atoms with Crippen molar-refractivity contribution in [1.82, 2.24) is 5.32 Å². The minimum absolute atomic E-state index is 0.0841. The number of nitrogens with one attached hydrogen (secondary N) is 1. The van der Waals surface area contributed by atoms with Crippen LogP contribution in [0.4, 0.5) is 0 Å². The normalized spacial score (nSPS) is 32.1. The molecule has 1 aromatic carbocycles. The predicted octanol–water partition coefficient (Wildman–Crippen LogP) is 1.68. The van der Waals surface area contributed by atoms with Gasteiger partial charge in [0.05, 0.1) is 26.4 Å². The third kappa shape index (κ3) is 2.82. The molecule has 0 amide bonds. The Hall–Kier alpha value is -1.27. The Kier molecular flexibility index (Phi) is 3.96. The summed E-state index contributed by atoms with van der Waals surface area (Å²) in [5.41, 5.74) is 1.70. The molecule has 0 spiro atoms. The standard InChI is InChI=1S/C17H21NO4/c19-16(13-7-14-9-20-10-15(8-13)18-14)11-2-1-3-12(6-11)17-21-4-5-22-17/h1-3,6,13-15,17-18H,4-5,7-10H2. The minimum atomic E-state index is -0.325. The zero-order valence-electron chi connectivity index (χ0n) is 12.5. The van der Waals surface area contributed by atoms with Gasteiger partial charge >= 0.3 is 0 Å². The maximum absolute atomic E-state index is 12.8. The molecule has 3 fully saturated rings. The average molecular weight is 303 g/mol. The molecule has 3 saturated heterocycles. The largest absolute Gasteiger partial charge is 0.378 e. The van der Waals surface area contributed by atoms with Crippen LogP contribution in [0, 0.1) is 5.92 Å². The van der Waals surface area contributed by atoms with Crippen molar-refractivity contribution in [3.8, 4) is 0 Å². The number of benzene rings is 1. The van der Waals surface area contributed by atoms with Crippen molar-refractivity contribution in [2.75, 3.05) is 26.4 Å². The third-order valence-corrected chi connectivity index (χ3v) is 4.68. The van der Waals surface area contributed by atoms with E-state index in [9.17, 15) is 4.79 Å². The third-order valence-electron chi connectivity index (χ3n) is 4.68. The van der Waals surface area contributed by atoms with Gasteiger partial charge in [0.15, 0.2) is 12.1 Å². The molecular weight excluding hydrogens is 282 g/mol. The van der Waals surface area contributed by atoms with Gasteiger partial charge in [-0.25, -0.2) is 0 Å². The fourth-order valence-corrected chi connectivity index (χ4v) is 3.68. The molecule has 22 heavy (non-hydrogen) atoms. The van der Waals surface area contributed by atoms with E-state index >= 15 is 0 Å². The molecule has 0 aromatic heterocycles. The fraction of sp³-hybridized carbons (Fsp3) is 0.588. The highest BCUT2D eigenvalue weighted by atomic mass is 16.7. The predicted molar refractivity (Wildman–Crippen MR) is 79.7 cm³/mol. The molecule has 0 aliphatic carbocycles. The van der Waals surface area contributed by atoms with Crippen LogP contribution in [0.3, 0.4) is 0 Å². The average Bonchev–Trinajstić information content (AvgIpc) is 3.08. The number of ether oxygens (including phenoxy) is 3. The molecule has 1 N–H and O–H groups in total. The lowest BCUT2D eigenvalue weighted by Gasteiger charge is -2.39. The van der Waals surface area contributed by atoms with Crippen LogP contribution in [0.2, 0.25) is 0 Å². The monoisotopic (exact) mass is 303 g/mol. The van der Waals surface area contributed by atoms with Crippen molar-refractivity contribution >= 4 is 5.78 Å². The first-order valence-corrected chi connectivity index (χ1v) is 8.01. The molecular formula is C17H21NO4. The molecule has 2 bridgehead atoms. The van der Waals surface area contributed by atoms with Gasteiger partial charge < -0.3 is 19.5 Å². The summed E-state index contributed by atoms with van der Waals surface area (Å²) >= 11 is 0. The Balaban J connectivity index is 1.51. The second-order valence-electron chi connectivity index (χ2n) is 6.33. The van der Waals surface area contributed by atoms with Crippen LogP contribution in [0.5, 0.6) is 0 Å². The van der Waals surface area contributed by atoms with Crippen LogP contribution < -0.4 is 5.32 Å². The first-order chi connectivity index (χ1) is 10.8. The molecule has 2 atom stereocenters. The summed E-state index contributed by atoms with van der Waals surface area (Å²) in [5.74, 6) is 0.319. The number of carbonyl (C=O) groups excluding carboxylic acids is 1. The van der Waals surface area contributed by atoms with E-state index in [0.717, 1.165) is 24.0 Å². The second kappa shape index (κ2) is 6.08. The zero-order valence-corrected chi connectivity index (χ0v) is 12.5. The van der Waals surface area contributed by atoms with Crippen molar-refractivity contribution < 1.29 is 19.0 Å². The summed E-state index contributed by atoms with van der Waals surface area (Å²) in [6.07, 6.45) is 1.39. The second-order valence-corrected chi connectivity index (χ2v) is 6.33.